The molecule has 0 aliphatic heterocycles. The second-order valence-electron chi connectivity index (χ2n) is 8.76. The SMILES string of the molecule is Cc1ccccc1CCC(=O)NCCCCC(CO)N(CC(C)C)Sc1ccc(N)cc1. The van der Waals surface area contributed by atoms with Gasteiger partial charge in [0.1, 0.15) is 0 Å². The molecule has 1 amide bonds. The molecule has 0 saturated heterocycles. The molecule has 6 heteroatoms. The summed E-state index contributed by atoms with van der Waals surface area (Å²) in [5.74, 6) is 0.602. The summed E-state index contributed by atoms with van der Waals surface area (Å²) in [6.45, 7) is 8.17. The lowest BCUT2D eigenvalue weighted by Crippen LogP contribution is -2.35. The smallest absolute Gasteiger partial charge is 0.220 e. The molecule has 0 aromatic heterocycles. The van der Waals surface area contributed by atoms with E-state index in [4.69, 9.17) is 5.73 Å². The van der Waals surface area contributed by atoms with Crippen LogP contribution in [0.4, 0.5) is 5.69 Å². The van der Waals surface area contributed by atoms with Gasteiger partial charge in [-0.1, -0.05) is 44.5 Å². The average Bonchev–Trinajstić information content (AvgIpc) is 2.76. The monoisotopic (exact) mass is 457 g/mol. The molecule has 1 unspecified atom stereocenters. The number of hydrogen-bond acceptors (Lipinski definition) is 5. The third-order valence-electron chi connectivity index (χ3n) is 5.43. The van der Waals surface area contributed by atoms with E-state index in [0.717, 1.165) is 42.8 Å². The molecule has 2 aromatic rings. The Morgan fingerprint density at radius 2 is 1.84 bits per heavy atom. The lowest BCUT2D eigenvalue weighted by atomic mass is 10.0. The van der Waals surface area contributed by atoms with Crippen LogP contribution in [-0.4, -0.2) is 41.1 Å². The lowest BCUT2D eigenvalue weighted by molar-refractivity contribution is -0.121. The fourth-order valence-corrected chi connectivity index (χ4v) is 4.79. The lowest BCUT2D eigenvalue weighted by Gasteiger charge is -2.31. The van der Waals surface area contributed by atoms with Crippen LogP contribution >= 0.6 is 11.9 Å². The number of hydrogen-bond donors (Lipinski definition) is 3. The van der Waals surface area contributed by atoms with Gasteiger partial charge in [0.2, 0.25) is 5.91 Å². The van der Waals surface area contributed by atoms with Crippen molar-refractivity contribution in [1.29, 1.82) is 0 Å². The van der Waals surface area contributed by atoms with E-state index < -0.39 is 0 Å². The van der Waals surface area contributed by atoms with Crippen molar-refractivity contribution in [3.63, 3.8) is 0 Å². The Morgan fingerprint density at radius 1 is 1.12 bits per heavy atom. The number of nitrogens with zero attached hydrogens (tertiary/aromatic N) is 1. The van der Waals surface area contributed by atoms with Gasteiger partial charge >= 0.3 is 0 Å². The van der Waals surface area contributed by atoms with Crippen LogP contribution in [0.5, 0.6) is 0 Å². The predicted octanol–water partition coefficient (Wildman–Crippen LogP) is 4.82. The highest BCUT2D eigenvalue weighted by molar-refractivity contribution is 7.97. The van der Waals surface area contributed by atoms with E-state index in [9.17, 15) is 9.90 Å². The summed E-state index contributed by atoms with van der Waals surface area (Å²) < 4.78 is 2.29. The number of carbonyl (C=O) groups is 1. The number of nitrogens with one attached hydrogen (secondary N) is 1. The van der Waals surface area contributed by atoms with E-state index in [0.29, 0.717) is 18.9 Å². The number of aryl methyl sites for hydroxylation is 2. The Hall–Kier alpha value is -2.02. The van der Waals surface area contributed by atoms with Crippen LogP contribution in [0.2, 0.25) is 0 Å². The minimum Gasteiger partial charge on any atom is -0.399 e. The van der Waals surface area contributed by atoms with Crippen LogP contribution in [0, 0.1) is 12.8 Å². The topological polar surface area (TPSA) is 78.6 Å². The van der Waals surface area contributed by atoms with Crippen molar-refractivity contribution in [2.45, 2.75) is 63.8 Å². The van der Waals surface area contributed by atoms with E-state index in [1.54, 1.807) is 11.9 Å². The van der Waals surface area contributed by atoms with Crippen molar-refractivity contribution in [2.75, 3.05) is 25.4 Å². The maximum atomic E-state index is 12.2. The zero-order valence-electron chi connectivity index (χ0n) is 19.7. The van der Waals surface area contributed by atoms with Crippen molar-refractivity contribution >= 4 is 23.5 Å². The Balaban J connectivity index is 1.73. The van der Waals surface area contributed by atoms with Crippen LogP contribution in [-0.2, 0) is 11.2 Å². The molecule has 0 spiro atoms. The van der Waals surface area contributed by atoms with Gasteiger partial charge in [0.15, 0.2) is 0 Å². The first-order valence-electron chi connectivity index (χ1n) is 11.6. The highest BCUT2D eigenvalue weighted by Gasteiger charge is 2.20. The van der Waals surface area contributed by atoms with Crippen molar-refractivity contribution in [2.24, 2.45) is 5.92 Å². The summed E-state index contributed by atoms with van der Waals surface area (Å²) in [5, 5.41) is 13.1. The number of rotatable bonds is 14. The van der Waals surface area contributed by atoms with Gasteiger partial charge in [-0.25, -0.2) is 4.31 Å². The molecule has 176 valence electrons. The molecule has 0 aliphatic rings. The number of benzene rings is 2. The second-order valence-corrected chi connectivity index (χ2v) is 9.89. The molecule has 2 rings (SSSR count). The zero-order chi connectivity index (χ0) is 23.3. The Kier molecular flexibility index (Phi) is 11.6. The average molecular weight is 458 g/mol. The standard InChI is InChI=1S/C26H39N3O2S/c1-20(2)18-29(32-25-14-12-23(27)13-15-25)24(19-30)10-6-7-17-28-26(31)16-11-22-9-5-4-8-21(22)3/h4-5,8-9,12-15,20,24,30H,6-7,10-11,16-19,27H2,1-3H3,(H,28,31). The van der Waals surface area contributed by atoms with E-state index in [-0.39, 0.29) is 18.6 Å². The van der Waals surface area contributed by atoms with Gasteiger partial charge in [0, 0.05) is 36.1 Å². The summed E-state index contributed by atoms with van der Waals surface area (Å²) in [5.41, 5.74) is 9.02. The molecule has 2 aromatic carbocycles. The Morgan fingerprint density at radius 3 is 2.50 bits per heavy atom. The molecule has 0 fully saturated rings. The van der Waals surface area contributed by atoms with Crippen molar-refractivity contribution in [3.8, 4) is 0 Å². The van der Waals surface area contributed by atoms with E-state index >= 15 is 0 Å². The summed E-state index contributed by atoms with van der Waals surface area (Å²) in [6.07, 6.45) is 4.06. The third-order valence-corrected chi connectivity index (χ3v) is 6.60. The summed E-state index contributed by atoms with van der Waals surface area (Å²) >= 11 is 1.68. The van der Waals surface area contributed by atoms with Gasteiger partial charge in [-0.3, -0.25) is 4.79 Å². The van der Waals surface area contributed by atoms with Crippen molar-refractivity contribution in [3.05, 3.63) is 59.7 Å². The molecule has 0 radical (unpaired) electrons. The number of aliphatic hydroxyl groups excluding tert-OH is 1. The molecule has 4 N–H and O–H groups in total. The molecule has 0 heterocycles. The number of aliphatic hydroxyl groups is 1. The highest BCUT2D eigenvalue weighted by Crippen LogP contribution is 2.28. The van der Waals surface area contributed by atoms with Gasteiger partial charge in [-0.2, -0.15) is 0 Å². The number of amides is 1. The fraction of sp³-hybridized carbons (Fsp3) is 0.500. The first kappa shape index (κ1) is 26.2. The molecular weight excluding hydrogens is 418 g/mol. The number of nitrogens with two attached hydrogens (primary N) is 1. The van der Waals surface area contributed by atoms with E-state index in [1.165, 1.54) is 11.1 Å². The highest BCUT2D eigenvalue weighted by atomic mass is 32.2. The molecule has 32 heavy (non-hydrogen) atoms. The maximum absolute atomic E-state index is 12.2. The van der Waals surface area contributed by atoms with Crippen LogP contribution in [0.25, 0.3) is 0 Å². The summed E-state index contributed by atoms with van der Waals surface area (Å²) in [4.78, 5) is 13.3. The zero-order valence-corrected chi connectivity index (χ0v) is 20.5. The largest absolute Gasteiger partial charge is 0.399 e. The quantitative estimate of drug-likeness (QED) is 0.215. The fourth-order valence-electron chi connectivity index (χ4n) is 3.57. The normalized spacial score (nSPS) is 12.3. The van der Waals surface area contributed by atoms with E-state index in [1.807, 2.05) is 36.4 Å². The van der Waals surface area contributed by atoms with Crippen LogP contribution < -0.4 is 11.1 Å². The van der Waals surface area contributed by atoms with Crippen LogP contribution in [0.15, 0.2) is 53.4 Å². The Labute approximate surface area is 197 Å². The third kappa shape index (κ3) is 9.63. The number of anilines is 1. The van der Waals surface area contributed by atoms with Gasteiger partial charge < -0.3 is 16.2 Å². The van der Waals surface area contributed by atoms with Gasteiger partial charge in [0.25, 0.3) is 0 Å². The molecule has 0 aliphatic carbocycles. The van der Waals surface area contributed by atoms with Gasteiger partial charge in [0.05, 0.1) is 6.61 Å². The van der Waals surface area contributed by atoms with Crippen molar-refractivity contribution in [1.82, 2.24) is 9.62 Å². The number of carbonyl (C=O) groups excluding carboxylic acids is 1. The molecular formula is C26H39N3O2S. The predicted molar refractivity (Wildman–Crippen MR) is 135 cm³/mol. The number of unbranched alkanes of at least 4 members (excludes halogenated alkanes) is 1. The second kappa shape index (κ2) is 14.2. The summed E-state index contributed by atoms with van der Waals surface area (Å²) in [7, 11) is 0. The minimum absolute atomic E-state index is 0.0803. The number of nitrogen functional groups attached to an aromatic ring is 1. The molecule has 0 bridgehead atoms. The first-order valence-corrected chi connectivity index (χ1v) is 12.4. The summed E-state index contributed by atoms with van der Waals surface area (Å²) in [6, 6.07) is 16.2. The molecule has 1 atom stereocenters. The van der Waals surface area contributed by atoms with Crippen molar-refractivity contribution < 1.29 is 9.90 Å². The van der Waals surface area contributed by atoms with Gasteiger partial charge in [-0.15, -0.1) is 0 Å². The Bertz CT molecular complexity index is 811. The molecule has 5 nitrogen and oxygen atoms in total. The van der Waals surface area contributed by atoms with E-state index in [2.05, 4.69) is 42.5 Å². The van der Waals surface area contributed by atoms with Gasteiger partial charge in [-0.05, 0) is 79.4 Å². The maximum Gasteiger partial charge on any atom is 0.220 e. The van der Waals surface area contributed by atoms with Crippen LogP contribution in [0.3, 0.4) is 0 Å². The minimum atomic E-state index is 0.0803. The first-order chi connectivity index (χ1) is 15.4. The van der Waals surface area contributed by atoms with Crippen LogP contribution in [0.1, 0.15) is 50.7 Å². The molecule has 0 saturated carbocycles.